The van der Waals surface area contributed by atoms with Crippen LogP contribution < -0.4 is 10.1 Å². The number of aliphatic hydroxyl groups excluding tert-OH is 1. The molecule has 2 fully saturated rings. The number of thioether (sulfide) groups is 2. The standard InChI is InChI=1S/C19H22N2O4S3/c1-25-13-6-4-12(5-7-13)9-16-18(24)21(19(26)28-16)8-2-3-17(23)20-14-10-27-11-15(14)22/h4-7,9,14-15,22H,2-3,8,10-11H2,1H3,(H,20,23)/b16-9-/t14-,15-/m0/s1. The maximum absolute atomic E-state index is 12.6. The van der Waals surface area contributed by atoms with Gasteiger partial charge in [0.25, 0.3) is 5.91 Å². The Morgan fingerprint density at radius 1 is 1.39 bits per heavy atom. The average Bonchev–Trinajstić information content (AvgIpc) is 3.20. The second-order valence-electron chi connectivity index (χ2n) is 6.49. The van der Waals surface area contributed by atoms with E-state index in [9.17, 15) is 14.7 Å². The summed E-state index contributed by atoms with van der Waals surface area (Å²) in [4.78, 5) is 26.8. The van der Waals surface area contributed by atoms with Crippen molar-refractivity contribution in [2.75, 3.05) is 25.2 Å². The zero-order chi connectivity index (χ0) is 20.1. The van der Waals surface area contributed by atoms with E-state index in [0.29, 0.717) is 34.4 Å². The molecule has 6 nitrogen and oxygen atoms in total. The number of nitrogens with zero attached hydrogens (tertiary/aromatic N) is 1. The average molecular weight is 439 g/mol. The molecule has 2 aliphatic heterocycles. The molecule has 9 heteroatoms. The van der Waals surface area contributed by atoms with E-state index in [0.717, 1.165) is 17.1 Å². The topological polar surface area (TPSA) is 78.9 Å². The van der Waals surface area contributed by atoms with Gasteiger partial charge in [0.15, 0.2) is 0 Å². The van der Waals surface area contributed by atoms with Crippen molar-refractivity contribution in [1.29, 1.82) is 0 Å². The molecule has 1 aromatic rings. The number of carbonyl (C=O) groups excluding carboxylic acids is 2. The molecule has 2 saturated heterocycles. The predicted octanol–water partition coefficient (Wildman–Crippen LogP) is 2.27. The van der Waals surface area contributed by atoms with Crippen LogP contribution in [0.25, 0.3) is 6.08 Å². The Kier molecular flexibility index (Phi) is 7.39. The van der Waals surface area contributed by atoms with Crippen LogP contribution in [0.4, 0.5) is 0 Å². The number of thiocarbonyl (C=S) groups is 1. The monoisotopic (exact) mass is 438 g/mol. The summed E-state index contributed by atoms with van der Waals surface area (Å²) >= 11 is 8.23. The van der Waals surface area contributed by atoms with Gasteiger partial charge in [0.1, 0.15) is 10.1 Å². The second kappa shape index (κ2) is 9.78. The highest BCUT2D eigenvalue weighted by atomic mass is 32.2. The van der Waals surface area contributed by atoms with Crippen LogP contribution in [0.3, 0.4) is 0 Å². The molecule has 28 heavy (non-hydrogen) atoms. The summed E-state index contributed by atoms with van der Waals surface area (Å²) in [6.07, 6.45) is 2.14. The van der Waals surface area contributed by atoms with Gasteiger partial charge in [-0.2, -0.15) is 11.8 Å². The van der Waals surface area contributed by atoms with Gasteiger partial charge < -0.3 is 15.2 Å². The van der Waals surface area contributed by atoms with Crippen LogP contribution >= 0.6 is 35.7 Å². The summed E-state index contributed by atoms with van der Waals surface area (Å²) in [5.41, 5.74) is 0.897. The van der Waals surface area contributed by atoms with Crippen molar-refractivity contribution in [3.8, 4) is 5.75 Å². The molecule has 150 valence electrons. The van der Waals surface area contributed by atoms with Gasteiger partial charge in [0.2, 0.25) is 5.91 Å². The number of hydrogen-bond acceptors (Lipinski definition) is 7. The number of ether oxygens (including phenoxy) is 1. The summed E-state index contributed by atoms with van der Waals surface area (Å²) in [5, 5.41) is 12.6. The van der Waals surface area contributed by atoms with Crippen molar-refractivity contribution >= 4 is 58.0 Å². The second-order valence-corrected chi connectivity index (χ2v) is 9.24. The van der Waals surface area contributed by atoms with Crippen molar-refractivity contribution in [3.63, 3.8) is 0 Å². The SMILES string of the molecule is COc1ccc(/C=C2\SC(=S)N(CCCC(=O)N[C@H]3CSC[C@@H]3O)C2=O)cc1. The summed E-state index contributed by atoms with van der Waals surface area (Å²) in [6, 6.07) is 7.26. The lowest BCUT2D eigenvalue weighted by Gasteiger charge is -2.17. The smallest absolute Gasteiger partial charge is 0.266 e. The minimum Gasteiger partial charge on any atom is -0.497 e. The molecule has 3 rings (SSSR count). The first-order valence-electron chi connectivity index (χ1n) is 8.92. The Morgan fingerprint density at radius 2 is 2.14 bits per heavy atom. The Hall–Kier alpha value is -1.55. The van der Waals surface area contributed by atoms with E-state index in [2.05, 4.69) is 5.32 Å². The first-order chi connectivity index (χ1) is 13.5. The fourth-order valence-corrected chi connectivity index (χ4v) is 5.38. The van der Waals surface area contributed by atoms with Crippen LogP contribution in [-0.4, -0.2) is 63.4 Å². The van der Waals surface area contributed by atoms with E-state index in [4.69, 9.17) is 17.0 Å². The van der Waals surface area contributed by atoms with E-state index in [-0.39, 0.29) is 17.9 Å². The molecule has 2 aliphatic rings. The number of nitrogens with one attached hydrogen (secondary N) is 1. The molecular weight excluding hydrogens is 416 g/mol. The highest BCUT2D eigenvalue weighted by Crippen LogP contribution is 2.33. The minimum atomic E-state index is -0.483. The highest BCUT2D eigenvalue weighted by Gasteiger charge is 2.32. The molecule has 0 spiro atoms. The third-order valence-corrected chi connectivity index (χ3v) is 7.02. The minimum absolute atomic E-state index is 0.106. The van der Waals surface area contributed by atoms with E-state index < -0.39 is 6.10 Å². The van der Waals surface area contributed by atoms with Crippen molar-refractivity contribution < 1.29 is 19.4 Å². The maximum Gasteiger partial charge on any atom is 0.266 e. The number of carbonyl (C=O) groups is 2. The zero-order valence-electron chi connectivity index (χ0n) is 15.4. The number of benzene rings is 1. The van der Waals surface area contributed by atoms with E-state index >= 15 is 0 Å². The predicted molar refractivity (Wildman–Crippen MR) is 117 cm³/mol. The molecule has 0 aromatic heterocycles. The molecule has 2 amide bonds. The van der Waals surface area contributed by atoms with Crippen LogP contribution in [0.1, 0.15) is 18.4 Å². The van der Waals surface area contributed by atoms with Gasteiger partial charge in [-0.25, -0.2) is 0 Å². The molecule has 0 unspecified atom stereocenters. The van der Waals surface area contributed by atoms with E-state index in [1.54, 1.807) is 23.8 Å². The Morgan fingerprint density at radius 3 is 2.79 bits per heavy atom. The quantitative estimate of drug-likeness (QED) is 0.499. The molecule has 0 bridgehead atoms. The Labute approximate surface area is 178 Å². The molecule has 0 saturated carbocycles. The van der Waals surface area contributed by atoms with Crippen molar-refractivity contribution in [1.82, 2.24) is 10.2 Å². The number of rotatable bonds is 7. The molecule has 2 heterocycles. The first-order valence-corrected chi connectivity index (χ1v) is 11.3. The molecule has 2 atom stereocenters. The van der Waals surface area contributed by atoms with Crippen LogP contribution in [0.2, 0.25) is 0 Å². The number of methoxy groups -OCH3 is 1. The van der Waals surface area contributed by atoms with Crippen LogP contribution in [0.15, 0.2) is 29.2 Å². The lowest BCUT2D eigenvalue weighted by Crippen LogP contribution is -2.42. The molecule has 0 aliphatic carbocycles. The van der Waals surface area contributed by atoms with Crippen LogP contribution in [0, 0.1) is 0 Å². The lowest BCUT2D eigenvalue weighted by molar-refractivity contribution is -0.124. The van der Waals surface area contributed by atoms with Gasteiger partial charge in [-0.1, -0.05) is 36.1 Å². The third-order valence-electron chi connectivity index (χ3n) is 4.47. The number of hydrogen-bond donors (Lipinski definition) is 2. The fourth-order valence-electron chi connectivity index (χ4n) is 2.90. The summed E-state index contributed by atoms with van der Waals surface area (Å²) < 4.78 is 5.64. The lowest BCUT2D eigenvalue weighted by atomic mass is 10.2. The van der Waals surface area contributed by atoms with Gasteiger partial charge in [-0.05, 0) is 30.2 Å². The van der Waals surface area contributed by atoms with Crippen molar-refractivity contribution in [3.05, 3.63) is 34.7 Å². The van der Waals surface area contributed by atoms with E-state index in [1.165, 1.54) is 11.8 Å². The van der Waals surface area contributed by atoms with E-state index in [1.807, 2.05) is 30.3 Å². The zero-order valence-corrected chi connectivity index (χ0v) is 17.9. The normalized spacial score (nSPS) is 23.5. The fraction of sp³-hybridized carbons (Fsp3) is 0.421. The largest absolute Gasteiger partial charge is 0.497 e. The first kappa shape index (κ1) is 21.2. The van der Waals surface area contributed by atoms with Gasteiger partial charge in [-0.3, -0.25) is 14.5 Å². The van der Waals surface area contributed by atoms with Crippen molar-refractivity contribution in [2.24, 2.45) is 0 Å². The Bertz CT molecular complexity index is 782. The molecular formula is C19H22N2O4S3. The van der Waals surface area contributed by atoms with Gasteiger partial charge in [0, 0.05) is 24.5 Å². The molecule has 0 radical (unpaired) electrons. The summed E-state index contributed by atoms with van der Waals surface area (Å²) in [5.74, 6) is 1.91. The molecule has 1 aromatic carbocycles. The Balaban J connectivity index is 1.50. The third kappa shape index (κ3) is 5.28. The maximum atomic E-state index is 12.6. The van der Waals surface area contributed by atoms with Crippen LogP contribution in [0.5, 0.6) is 5.75 Å². The van der Waals surface area contributed by atoms with Gasteiger partial charge in [-0.15, -0.1) is 0 Å². The number of aliphatic hydroxyl groups is 1. The van der Waals surface area contributed by atoms with Gasteiger partial charge >= 0.3 is 0 Å². The molecule has 2 N–H and O–H groups in total. The van der Waals surface area contributed by atoms with Crippen LogP contribution in [-0.2, 0) is 9.59 Å². The van der Waals surface area contributed by atoms with Crippen molar-refractivity contribution in [2.45, 2.75) is 25.0 Å². The summed E-state index contributed by atoms with van der Waals surface area (Å²) in [7, 11) is 1.61. The van der Waals surface area contributed by atoms with Gasteiger partial charge in [0.05, 0.1) is 24.2 Å². The highest BCUT2D eigenvalue weighted by molar-refractivity contribution is 8.26. The summed E-state index contributed by atoms with van der Waals surface area (Å²) in [6.45, 7) is 0.403. The number of amides is 2.